The van der Waals surface area contributed by atoms with Crippen molar-refractivity contribution in [3.63, 3.8) is 0 Å². The van der Waals surface area contributed by atoms with Crippen LogP contribution >= 0.6 is 0 Å². The Hall–Kier alpha value is -3.20. The first kappa shape index (κ1) is 21.0. The second-order valence-electron chi connectivity index (χ2n) is 7.68. The average Bonchev–Trinajstić information content (AvgIpc) is 3.33. The molecule has 1 aliphatic rings. The molecule has 1 saturated heterocycles. The van der Waals surface area contributed by atoms with Crippen molar-refractivity contribution in [3.05, 3.63) is 53.0 Å². The van der Waals surface area contributed by atoms with E-state index in [1.807, 2.05) is 43.7 Å². The van der Waals surface area contributed by atoms with Crippen LogP contribution in [0, 0.1) is 20.8 Å². The van der Waals surface area contributed by atoms with E-state index in [0.29, 0.717) is 32.6 Å². The molecule has 1 fully saturated rings. The lowest BCUT2D eigenvalue weighted by atomic mass is 10.1. The van der Waals surface area contributed by atoms with Gasteiger partial charge in [0.25, 0.3) is 0 Å². The molecule has 0 unspecified atom stereocenters. The number of anilines is 1. The number of ether oxygens (including phenoxy) is 1. The number of carbonyl (C=O) groups is 1. The molecule has 0 aromatic carbocycles. The van der Waals surface area contributed by atoms with E-state index in [1.165, 1.54) is 0 Å². The molecule has 0 radical (unpaired) electrons. The Bertz CT molecular complexity index is 1050. The zero-order chi connectivity index (χ0) is 21.8. The van der Waals surface area contributed by atoms with Crippen LogP contribution in [0.3, 0.4) is 0 Å². The van der Waals surface area contributed by atoms with Crippen LogP contribution in [0.2, 0.25) is 0 Å². The van der Waals surface area contributed by atoms with Crippen molar-refractivity contribution in [2.45, 2.75) is 40.2 Å². The Morgan fingerprint density at radius 1 is 1.13 bits per heavy atom. The molecule has 3 aromatic heterocycles. The van der Waals surface area contributed by atoms with Gasteiger partial charge in [0.2, 0.25) is 5.91 Å². The lowest BCUT2D eigenvalue weighted by molar-refractivity contribution is -0.121. The summed E-state index contributed by atoms with van der Waals surface area (Å²) >= 11 is 0. The molecule has 0 atom stereocenters. The molecule has 31 heavy (non-hydrogen) atoms. The van der Waals surface area contributed by atoms with Gasteiger partial charge in [-0.3, -0.25) is 4.79 Å². The van der Waals surface area contributed by atoms with Gasteiger partial charge in [-0.25, -0.2) is 14.6 Å². The highest BCUT2D eigenvalue weighted by atomic mass is 16.5. The molecule has 0 saturated carbocycles. The average molecular weight is 425 g/mol. The van der Waals surface area contributed by atoms with Gasteiger partial charge in [0.1, 0.15) is 23.7 Å². The van der Waals surface area contributed by atoms with Crippen LogP contribution in [0.5, 0.6) is 0 Å². The maximum atomic E-state index is 12.3. The summed E-state index contributed by atoms with van der Waals surface area (Å²) in [6.07, 6.45) is 2.57. The molecule has 4 heterocycles. The van der Waals surface area contributed by atoms with E-state index in [1.54, 1.807) is 6.33 Å². The summed E-state index contributed by atoms with van der Waals surface area (Å²) in [5.74, 6) is 3.17. The molecule has 4 rings (SSSR count). The summed E-state index contributed by atoms with van der Waals surface area (Å²) in [5.41, 5.74) is 2.95. The maximum absolute atomic E-state index is 12.3. The van der Waals surface area contributed by atoms with Crippen LogP contribution < -0.4 is 10.2 Å². The fourth-order valence-electron chi connectivity index (χ4n) is 3.77. The molecule has 0 spiro atoms. The standard InChI is InChI=1S/C22H28N6O3/c1-15-4-5-18(31-15)13-23-22(29)7-6-19-16(2)26-28(17(19)3)21-12-20(24-14-25-21)27-8-10-30-11-9-27/h4-5,12,14H,6-11,13H2,1-3H3,(H,23,29). The number of rotatable bonds is 7. The first-order chi connectivity index (χ1) is 15.0. The van der Waals surface area contributed by atoms with E-state index in [0.717, 1.165) is 53.2 Å². The Morgan fingerprint density at radius 3 is 2.65 bits per heavy atom. The Kier molecular flexibility index (Phi) is 6.31. The number of nitrogens with zero attached hydrogens (tertiary/aromatic N) is 5. The molecule has 164 valence electrons. The second-order valence-corrected chi connectivity index (χ2v) is 7.68. The monoisotopic (exact) mass is 424 g/mol. The van der Waals surface area contributed by atoms with Crippen LogP contribution in [-0.4, -0.2) is 52.0 Å². The zero-order valence-electron chi connectivity index (χ0n) is 18.2. The van der Waals surface area contributed by atoms with Gasteiger partial charge in [0.05, 0.1) is 25.5 Å². The molecule has 1 N–H and O–H groups in total. The lowest BCUT2D eigenvalue weighted by Crippen LogP contribution is -2.36. The van der Waals surface area contributed by atoms with Crippen molar-refractivity contribution in [2.24, 2.45) is 0 Å². The third kappa shape index (κ3) is 4.93. The molecule has 3 aromatic rings. The zero-order valence-corrected chi connectivity index (χ0v) is 18.2. The van der Waals surface area contributed by atoms with Gasteiger partial charge in [-0.1, -0.05) is 0 Å². The normalized spacial score (nSPS) is 14.1. The van der Waals surface area contributed by atoms with E-state index in [2.05, 4.69) is 25.3 Å². The number of aromatic nitrogens is 4. The summed E-state index contributed by atoms with van der Waals surface area (Å²) in [5, 5.41) is 7.58. The predicted octanol–water partition coefficient (Wildman–Crippen LogP) is 2.27. The first-order valence-corrected chi connectivity index (χ1v) is 10.5. The molecule has 0 aliphatic carbocycles. The van der Waals surface area contributed by atoms with Crippen molar-refractivity contribution in [3.8, 4) is 5.82 Å². The van der Waals surface area contributed by atoms with Crippen LogP contribution in [-0.2, 0) is 22.5 Å². The minimum atomic E-state index is -0.0164. The number of nitrogens with one attached hydrogen (secondary N) is 1. The number of hydrogen-bond acceptors (Lipinski definition) is 7. The number of carbonyl (C=O) groups excluding carboxylic acids is 1. The second kappa shape index (κ2) is 9.30. The Labute approximate surface area is 181 Å². The van der Waals surface area contributed by atoms with Gasteiger partial charge in [-0.05, 0) is 44.9 Å². The molecular weight excluding hydrogens is 396 g/mol. The summed E-state index contributed by atoms with van der Waals surface area (Å²) in [6.45, 7) is 9.28. The minimum absolute atomic E-state index is 0.0164. The van der Waals surface area contributed by atoms with Gasteiger partial charge < -0.3 is 19.4 Å². The van der Waals surface area contributed by atoms with Crippen LogP contribution in [0.4, 0.5) is 5.82 Å². The van der Waals surface area contributed by atoms with Crippen molar-refractivity contribution in [1.29, 1.82) is 0 Å². The topological polar surface area (TPSA) is 98.3 Å². The van der Waals surface area contributed by atoms with Crippen molar-refractivity contribution >= 4 is 11.7 Å². The fourth-order valence-corrected chi connectivity index (χ4v) is 3.77. The minimum Gasteiger partial charge on any atom is -0.465 e. The molecule has 9 heteroatoms. The van der Waals surface area contributed by atoms with Gasteiger partial charge in [0, 0.05) is 31.3 Å². The molecular formula is C22H28N6O3. The van der Waals surface area contributed by atoms with E-state index in [-0.39, 0.29) is 5.91 Å². The van der Waals surface area contributed by atoms with Crippen LogP contribution in [0.1, 0.15) is 34.9 Å². The van der Waals surface area contributed by atoms with E-state index in [4.69, 9.17) is 9.15 Å². The Morgan fingerprint density at radius 2 is 1.90 bits per heavy atom. The van der Waals surface area contributed by atoms with E-state index in [9.17, 15) is 4.79 Å². The summed E-state index contributed by atoms with van der Waals surface area (Å²) in [7, 11) is 0. The maximum Gasteiger partial charge on any atom is 0.220 e. The number of amides is 1. The summed E-state index contributed by atoms with van der Waals surface area (Å²) in [6, 6.07) is 5.72. The molecule has 0 bridgehead atoms. The number of hydrogen-bond donors (Lipinski definition) is 1. The van der Waals surface area contributed by atoms with Crippen molar-refractivity contribution in [2.75, 3.05) is 31.2 Å². The van der Waals surface area contributed by atoms with Gasteiger partial charge in [-0.2, -0.15) is 5.10 Å². The van der Waals surface area contributed by atoms with Gasteiger partial charge >= 0.3 is 0 Å². The van der Waals surface area contributed by atoms with Crippen LogP contribution in [0.15, 0.2) is 28.9 Å². The predicted molar refractivity (Wildman–Crippen MR) is 115 cm³/mol. The smallest absolute Gasteiger partial charge is 0.220 e. The highest BCUT2D eigenvalue weighted by Crippen LogP contribution is 2.21. The SMILES string of the molecule is Cc1ccc(CNC(=O)CCc2c(C)nn(-c3cc(N4CCOCC4)ncn3)c2C)o1. The van der Waals surface area contributed by atoms with Gasteiger partial charge in [-0.15, -0.1) is 0 Å². The summed E-state index contributed by atoms with van der Waals surface area (Å²) in [4.78, 5) is 23.3. The van der Waals surface area contributed by atoms with Gasteiger partial charge in [0.15, 0.2) is 5.82 Å². The quantitative estimate of drug-likeness (QED) is 0.621. The molecule has 9 nitrogen and oxygen atoms in total. The highest BCUT2D eigenvalue weighted by molar-refractivity contribution is 5.76. The number of morpholine rings is 1. The van der Waals surface area contributed by atoms with E-state index >= 15 is 0 Å². The highest BCUT2D eigenvalue weighted by Gasteiger charge is 2.18. The Balaban J connectivity index is 1.42. The third-order valence-electron chi connectivity index (χ3n) is 5.49. The van der Waals surface area contributed by atoms with Crippen LogP contribution in [0.25, 0.3) is 5.82 Å². The summed E-state index contributed by atoms with van der Waals surface area (Å²) < 4.78 is 12.7. The number of aryl methyl sites for hydroxylation is 2. The van der Waals surface area contributed by atoms with Crippen molar-refractivity contribution < 1.29 is 13.9 Å². The number of furan rings is 1. The van der Waals surface area contributed by atoms with E-state index < -0.39 is 0 Å². The molecule has 1 amide bonds. The lowest BCUT2D eigenvalue weighted by Gasteiger charge is -2.27. The molecule has 1 aliphatic heterocycles. The largest absolute Gasteiger partial charge is 0.465 e. The fraction of sp³-hybridized carbons (Fsp3) is 0.455. The third-order valence-corrected chi connectivity index (χ3v) is 5.49. The first-order valence-electron chi connectivity index (χ1n) is 10.5. The van der Waals surface area contributed by atoms with Crippen molar-refractivity contribution in [1.82, 2.24) is 25.1 Å².